The molecular formula is C15H30N2O3. The second-order valence-electron chi connectivity index (χ2n) is 6.64. The van der Waals surface area contributed by atoms with Gasteiger partial charge in [-0.2, -0.15) is 0 Å². The largest absolute Gasteiger partial charge is 0.391 e. The highest BCUT2D eigenvalue weighted by atomic mass is 16.5. The number of methoxy groups -OCH3 is 1. The number of nitrogens with one attached hydrogen (secondary N) is 2. The van der Waals surface area contributed by atoms with Crippen molar-refractivity contribution in [3.8, 4) is 0 Å². The third kappa shape index (κ3) is 7.10. The van der Waals surface area contributed by atoms with Gasteiger partial charge in [0.15, 0.2) is 0 Å². The maximum atomic E-state index is 11.6. The molecule has 0 aromatic heterocycles. The quantitative estimate of drug-likeness (QED) is 0.669. The highest BCUT2D eigenvalue weighted by molar-refractivity contribution is 5.73. The lowest BCUT2D eigenvalue weighted by Crippen LogP contribution is -2.40. The highest BCUT2D eigenvalue weighted by Crippen LogP contribution is 2.37. The Morgan fingerprint density at radius 1 is 1.35 bits per heavy atom. The number of rotatable bonds is 7. The maximum Gasteiger partial charge on any atom is 0.314 e. The van der Waals surface area contributed by atoms with Crippen LogP contribution in [0.3, 0.4) is 0 Å². The van der Waals surface area contributed by atoms with Crippen LogP contribution in [0.5, 0.6) is 0 Å². The summed E-state index contributed by atoms with van der Waals surface area (Å²) in [6.07, 6.45) is 4.87. The maximum absolute atomic E-state index is 11.6. The van der Waals surface area contributed by atoms with Crippen LogP contribution in [0.15, 0.2) is 0 Å². The van der Waals surface area contributed by atoms with Crippen LogP contribution in [-0.4, -0.2) is 44.0 Å². The number of aliphatic hydroxyl groups excluding tert-OH is 1. The second-order valence-corrected chi connectivity index (χ2v) is 6.64. The molecule has 1 rings (SSSR count). The molecule has 1 aliphatic rings. The summed E-state index contributed by atoms with van der Waals surface area (Å²) in [5, 5.41) is 15.1. The number of hydrogen-bond acceptors (Lipinski definition) is 3. The zero-order valence-electron chi connectivity index (χ0n) is 13.1. The topological polar surface area (TPSA) is 70.6 Å². The minimum absolute atomic E-state index is 0.139. The molecule has 0 aromatic carbocycles. The smallest absolute Gasteiger partial charge is 0.314 e. The van der Waals surface area contributed by atoms with Crippen molar-refractivity contribution in [1.29, 1.82) is 0 Å². The molecule has 0 spiro atoms. The molecule has 2 amide bonds. The molecule has 5 nitrogen and oxygen atoms in total. The zero-order valence-corrected chi connectivity index (χ0v) is 13.1. The molecule has 0 aliphatic heterocycles. The highest BCUT2D eigenvalue weighted by Gasteiger charge is 2.26. The van der Waals surface area contributed by atoms with Crippen molar-refractivity contribution in [3.05, 3.63) is 0 Å². The third-order valence-corrected chi connectivity index (χ3v) is 4.13. The minimum atomic E-state index is -0.513. The first-order chi connectivity index (χ1) is 9.43. The minimum Gasteiger partial charge on any atom is -0.391 e. The predicted octanol–water partition coefficient (Wildman–Crippen LogP) is 1.90. The average Bonchev–Trinajstić information content (AvgIpc) is 2.38. The normalized spacial score (nSPS) is 20.4. The van der Waals surface area contributed by atoms with E-state index in [0.717, 1.165) is 6.54 Å². The molecule has 3 N–H and O–H groups in total. The molecule has 20 heavy (non-hydrogen) atoms. The molecule has 5 heteroatoms. The van der Waals surface area contributed by atoms with Crippen molar-refractivity contribution >= 4 is 6.03 Å². The summed E-state index contributed by atoms with van der Waals surface area (Å²) < 4.78 is 4.83. The molecule has 1 saturated carbocycles. The number of urea groups is 1. The summed E-state index contributed by atoms with van der Waals surface area (Å²) in [7, 11) is 1.55. The van der Waals surface area contributed by atoms with Gasteiger partial charge in [0.25, 0.3) is 0 Å². The molecule has 0 bridgehead atoms. The van der Waals surface area contributed by atoms with E-state index in [1.54, 1.807) is 7.11 Å². The number of carbonyl (C=O) groups excluding carboxylic acids is 1. The number of carbonyl (C=O) groups is 1. The first-order valence-corrected chi connectivity index (χ1v) is 7.61. The summed E-state index contributed by atoms with van der Waals surface area (Å²) in [5.41, 5.74) is 0.468. The van der Waals surface area contributed by atoms with Crippen LogP contribution in [0.2, 0.25) is 0 Å². The van der Waals surface area contributed by atoms with Gasteiger partial charge in [0.1, 0.15) is 0 Å². The van der Waals surface area contributed by atoms with Gasteiger partial charge in [0.05, 0.1) is 12.7 Å². The van der Waals surface area contributed by atoms with Crippen molar-refractivity contribution < 1.29 is 14.6 Å². The van der Waals surface area contributed by atoms with E-state index in [-0.39, 0.29) is 6.03 Å². The molecular weight excluding hydrogens is 256 g/mol. The molecule has 1 fully saturated rings. The monoisotopic (exact) mass is 286 g/mol. The molecule has 118 valence electrons. The van der Waals surface area contributed by atoms with E-state index in [1.165, 1.54) is 25.7 Å². The molecule has 0 saturated heterocycles. The summed E-state index contributed by atoms with van der Waals surface area (Å²) in [5.74, 6) is 0.604. The summed E-state index contributed by atoms with van der Waals surface area (Å²) >= 11 is 0. The fourth-order valence-corrected chi connectivity index (χ4v) is 2.59. The second kappa shape index (κ2) is 8.47. The van der Waals surface area contributed by atoms with E-state index >= 15 is 0 Å². The van der Waals surface area contributed by atoms with Crippen LogP contribution in [0.25, 0.3) is 0 Å². The van der Waals surface area contributed by atoms with Gasteiger partial charge in [-0.05, 0) is 43.4 Å². The van der Waals surface area contributed by atoms with E-state index in [1.807, 2.05) is 0 Å². The van der Waals surface area contributed by atoms with Crippen LogP contribution in [-0.2, 0) is 4.74 Å². The molecule has 0 radical (unpaired) electrons. The molecule has 1 aliphatic carbocycles. The first-order valence-electron chi connectivity index (χ1n) is 7.61. The Labute approximate surface area is 122 Å². The molecule has 1 unspecified atom stereocenters. The van der Waals surface area contributed by atoms with Gasteiger partial charge in [-0.25, -0.2) is 4.79 Å². The Kier molecular flexibility index (Phi) is 7.30. The zero-order chi connectivity index (χ0) is 15.0. The van der Waals surface area contributed by atoms with Gasteiger partial charge in [-0.1, -0.05) is 13.8 Å². The summed E-state index contributed by atoms with van der Waals surface area (Å²) in [4.78, 5) is 11.6. The van der Waals surface area contributed by atoms with Gasteiger partial charge < -0.3 is 20.5 Å². The van der Waals surface area contributed by atoms with Gasteiger partial charge in [-0.3, -0.25) is 0 Å². The van der Waals surface area contributed by atoms with Crippen molar-refractivity contribution in [3.63, 3.8) is 0 Å². The number of hydrogen-bond donors (Lipinski definition) is 3. The fraction of sp³-hybridized carbons (Fsp3) is 0.933. The van der Waals surface area contributed by atoms with Crippen molar-refractivity contribution in [1.82, 2.24) is 10.6 Å². The van der Waals surface area contributed by atoms with E-state index in [0.29, 0.717) is 30.9 Å². The van der Waals surface area contributed by atoms with Crippen molar-refractivity contribution in [2.75, 3.05) is 26.8 Å². The summed E-state index contributed by atoms with van der Waals surface area (Å²) in [6.45, 7) is 6.15. The Balaban J connectivity index is 2.06. The molecule has 1 atom stereocenters. The SMILES string of the molecule is COCC(O)CCNC(=O)NCC1CCC(C)(C)CC1. The number of ether oxygens (including phenoxy) is 1. The standard InChI is InChI=1S/C15H30N2O3/c1-15(2)7-4-12(5-8-15)10-17-14(19)16-9-6-13(18)11-20-3/h12-13,18H,4-11H2,1-3H3,(H2,16,17,19). The fourth-order valence-electron chi connectivity index (χ4n) is 2.59. The van der Waals surface area contributed by atoms with E-state index < -0.39 is 6.10 Å². The average molecular weight is 286 g/mol. The lowest BCUT2D eigenvalue weighted by atomic mass is 9.73. The Morgan fingerprint density at radius 3 is 2.60 bits per heavy atom. The van der Waals surface area contributed by atoms with E-state index in [9.17, 15) is 9.90 Å². The van der Waals surface area contributed by atoms with E-state index in [4.69, 9.17) is 4.74 Å². The van der Waals surface area contributed by atoms with Gasteiger partial charge in [-0.15, -0.1) is 0 Å². The van der Waals surface area contributed by atoms with Crippen LogP contribution >= 0.6 is 0 Å². The van der Waals surface area contributed by atoms with Crippen LogP contribution in [0, 0.1) is 11.3 Å². The molecule has 0 aromatic rings. The van der Waals surface area contributed by atoms with Gasteiger partial charge >= 0.3 is 6.03 Å². The number of amides is 2. The van der Waals surface area contributed by atoms with Crippen LogP contribution in [0.1, 0.15) is 46.0 Å². The Morgan fingerprint density at radius 2 is 2.00 bits per heavy atom. The number of aliphatic hydroxyl groups is 1. The lowest BCUT2D eigenvalue weighted by Gasteiger charge is -2.34. The summed E-state index contributed by atoms with van der Waals surface area (Å²) in [6, 6.07) is -0.139. The third-order valence-electron chi connectivity index (χ3n) is 4.13. The van der Waals surface area contributed by atoms with Crippen LogP contribution < -0.4 is 10.6 Å². The first kappa shape index (κ1) is 17.2. The van der Waals surface area contributed by atoms with Gasteiger partial charge in [0, 0.05) is 20.2 Å². The van der Waals surface area contributed by atoms with Crippen molar-refractivity contribution in [2.24, 2.45) is 11.3 Å². The van der Waals surface area contributed by atoms with Crippen molar-refractivity contribution in [2.45, 2.75) is 52.1 Å². The van der Waals surface area contributed by atoms with E-state index in [2.05, 4.69) is 24.5 Å². The molecule has 0 heterocycles. The predicted molar refractivity (Wildman–Crippen MR) is 79.6 cm³/mol. The lowest BCUT2D eigenvalue weighted by molar-refractivity contribution is 0.0598. The van der Waals surface area contributed by atoms with Crippen LogP contribution in [0.4, 0.5) is 4.79 Å². The van der Waals surface area contributed by atoms with Gasteiger partial charge in [0.2, 0.25) is 0 Å². The Bertz CT molecular complexity index is 285. The Hall–Kier alpha value is -0.810.